The van der Waals surface area contributed by atoms with E-state index in [9.17, 15) is 5.11 Å². The lowest BCUT2D eigenvalue weighted by Gasteiger charge is -2.30. The number of hydrogen-bond donors (Lipinski definition) is 1. The van der Waals surface area contributed by atoms with E-state index in [0.717, 1.165) is 45.1 Å². The van der Waals surface area contributed by atoms with E-state index in [0.29, 0.717) is 18.4 Å². The van der Waals surface area contributed by atoms with Crippen LogP contribution < -0.4 is 9.64 Å². The van der Waals surface area contributed by atoms with E-state index < -0.39 is 0 Å². The first-order chi connectivity index (χ1) is 12.3. The van der Waals surface area contributed by atoms with E-state index in [1.165, 1.54) is 32.1 Å². The summed E-state index contributed by atoms with van der Waals surface area (Å²) in [6.45, 7) is 7.21. The topological polar surface area (TPSA) is 61.7 Å². The number of aromatic nitrogens is 2. The fourth-order valence-corrected chi connectivity index (χ4v) is 4.00. The van der Waals surface area contributed by atoms with Crippen molar-refractivity contribution in [1.82, 2.24) is 14.9 Å². The first kappa shape index (κ1) is 18.4. The molecule has 3 rings (SSSR count). The predicted octanol–water partition coefficient (Wildman–Crippen LogP) is 2.33. The second kappa shape index (κ2) is 9.34. The van der Waals surface area contributed by atoms with Gasteiger partial charge < -0.3 is 14.7 Å². The molecule has 1 atom stereocenters. The average Bonchev–Trinajstić information content (AvgIpc) is 2.89. The summed E-state index contributed by atoms with van der Waals surface area (Å²) in [7, 11) is 0. The Morgan fingerprint density at radius 1 is 1.16 bits per heavy atom. The van der Waals surface area contributed by atoms with Crippen LogP contribution in [0, 0.1) is 5.92 Å². The zero-order valence-electron chi connectivity index (χ0n) is 15.4. The second-order valence-electron chi connectivity index (χ2n) is 7.23. The molecule has 1 unspecified atom stereocenters. The molecule has 6 nitrogen and oxygen atoms in total. The third kappa shape index (κ3) is 5.28. The van der Waals surface area contributed by atoms with Crippen LogP contribution in [0.15, 0.2) is 12.3 Å². The molecule has 2 fully saturated rings. The Bertz CT molecular complexity index is 522. The molecule has 0 aromatic carbocycles. The maximum absolute atomic E-state index is 10.6. The van der Waals surface area contributed by atoms with Crippen LogP contribution in [0.25, 0.3) is 0 Å². The maximum atomic E-state index is 10.6. The summed E-state index contributed by atoms with van der Waals surface area (Å²) in [6.07, 6.45) is 8.94. The molecule has 1 aromatic rings. The molecule has 1 saturated carbocycles. The number of nitrogens with zero attached hydrogens (tertiary/aromatic N) is 4. The van der Waals surface area contributed by atoms with Crippen molar-refractivity contribution in [2.24, 2.45) is 5.92 Å². The van der Waals surface area contributed by atoms with E-state index in [1.54, 1.807) is 12.3 Å². The molecule has 0 radical (unpaired) electrons. The molecule has 2 aliphatic rings. The molecule has 25 heavy (non-hydrogen) atoms. The van der Waals surface area contributed by atoms with Crippen LogP contribution in [-0.2, 0) is 0 Å². The number of anilines is 1. The van der Waals surface area contributed by atoms with Gasteiger partial charge in [0.05, 0.1) is 12.7 Å². The van der Waals surface area contributed by atoms with Crippen molar-refractivity contribution in [1.29, 1.82) is 0 Å². The predicted molar refractivity (Wildman–Crippen MR) is 99.1 cm³/mol. The van der Waals surface area contributed by atoms with Gasteiger partial charge in [-0.3, -0.25) is 4.90 Å². The summed E-state index contributed by atoms with van der Waals surface area (Å²) in [5.41, 5.74) is 0. The molecule has 0 amide bonds. The van der Waals surface area contributed by atoms with Crippen molar-refractivity contribution in [2.45, 2.75) is 51.6 Å². The van der Waals surface area contributed by atoms with Crippen LogP contribution in [-0.4, -0.2) is 65.4 Å². The number of β-amino-alcohol motifs (C(OH)–C–C–N with tert-alkyl or cyclic N) is 1. The van der Waals surface area contributed by atoms with Crippen molar-refractivity contribution in [3.8, 4) is 5.88 Å². The maximum Gasteiger partial charge on any atom is 0.228 e. The lowest BCUT2D eigenvalue weighted by molar-refractivity contribution is 0.0496. The van der Waals surface area contributed by atoms with E-state index in [-0.39, 0.29) is 6.10 Å². The molecule has 1 aromatic heterocycles. The highest BCUT2D eigenvalue weighted by atomic mass is 16.5. The van der Waals surface area contributed by atoms with Crippen LogP contribution in [0.4, 0.5) is 5.95 Å². The molecule has 1 saturated heterocycles. The smallest absolute Gasteiger partial charge is 0.228 e. The van der Waals surface area contributed by atoms with E-state index in [2.05, 4.69) is 19.8 Å². The van der Waals surface area contributed by atoms with Gasteiger partial charge in [-0.15, -0.1) is 0 Å². The molecule has 2 heterocycles. The Kier molecular flexibility index (Phi) is 6.87. The first-order valence-electron chi connectivity index (χ1n) is 9.87. The highest BCUT2D eigenvalue weighted by molar-refractivity contribution is 5.32. The monoisotopic (exact) mass is 348 g/mol. The van der Waals surface area contributed by atoms with Crippen LogP contribution in [0.2, 0.25) is 0 Å². The minimum absolute atomic E-state index is 0.176. The second-order valence-corrected chi connectivity index (χ2v) is 7.23. The minimum Gasteiger partial charge on any atom is -0.478 e. The molecule has 1 N–H and O–H groups in total. The highest BCUT2D eigenvalue weighted by Gasteiger charge is 2.25. The van der Waals surface area contributed by atoms with Gasteiger partial charge in [0.1, 0.15) is 0 Å². The van der Waals surface area contributed by atoms with Crippen LogP contribution in [0.3, 0.4) is 0 Å². The molecular weight excluding hydrogens is 316 g/mol. The van der Waals surface area contributed by atoms with E-state index in [4.69, 9.17) is 4.74 Å². The van der Waals surface area contributed by atoms with E-state index in [1.807, 2.05) is 6.92 Å². The van der Waals surface area contributed by atoms with Gasteiger partial charge in [-0.25, -0.2) is 4.98 Å². The van der Waals surface area contributed by atoms with E-state index >= 15 is 0 Å². The molecule has 0 bridgehead atoms. The third-order valence-electron chi connectivity index (χ3n) is 5.42. The SMILES string of the molecule is CCOc1ccnc(N2CCCN(CC(O)C3CCCCC3)CC2)n1. The van der Waals surface area contributed by atoms with Gasteiger partial charge in [0.15, 0.2) is 0 Å². The lowest BCUT2D eigenvalue weighted by atomic mass is 9.85. The number of ether oxygens (including phenoxy) is 1. The first-order valence-corrected chi connectivity index (χ1v) is 9.87. The van der Waals surface area contributed by atoms with Gasteiger partial charge in [0, 0.05) is 38.4 Å². The van der Waals surface area contributed by atoms with Crippen LogP contribution in [0.1, 0.15) is 45.4 Å². The molecular formula is C19H32N4O2. The van der Waals surface area contributed by atoms with Gasteiger partial charge in [-0.2, -0.15) is 4.98 Å². The van der Waals surface area contributed by atoms with Crippen molar-refractivity contribution in [3.63, 3.8) is 0 Å². The Hall–Kier alpha value is -1.40. The molecule has 6 heteroatoms. The number of aliphatic hydroxyl groups is 1. The summed E-state index contributed by atoms with van der Waals surface area (Å²) in [4.78, 5) is 13.6. The van der Waals surface area contributed by atoms with Gasteiger partial charge in [0.25, 0.3) is 0 Å². The van der Waals surface area contributed by atoms with Crippen molar-refractivity contribution in [3.05, 3.63) is 12.3 Å². The molecule has 0 spiro atoms. The zero-order valence-corrected chi connectivity index (χ0v) is 15.4. The normalized spacial score (nSPS) is 21.8. The van der Waals surface area contributed by atoms with Gasteiger partial charge in [0.2, 0.25) is 11.8 Å². The van der Waals surface area contributed by atoms with Crippen molar-refractivity contribution >= 4 is 5.95 Å². The third-order valence-corrected chi connectivity index (χ3v) is 5.42. The summed E-state index contributed by atoms with van der Waals surface area (Å²) in [5.74, 6) is 1.89. The van der Waals surface area contributed by atoms with Gasteiger partial charge >= 0.3 is 0 Å². The van der Waals surface area contributed by atoms with Gasteiger partial charge in [-0.1, -0.05) is 19.3 Å². The summed E-state index contributed by atoms with van der Waals surface area (Å²) < 4.78 is 5.49. The Balaban J connectivity index is 1.52. The zero-order chi connectivity index (χ0) is 17.5. The lowest BCUT2D eigenvalue weighted by Crippen LogP contribution is -2.39. The van der Waals surface area contributed by atoms with Gasteiger partial charge in [-0.05, 0) is 38.6 Å². The standard InChI is InChI=1S/C19H32N4O2/c1-2-25-18-9-10-20-19(21-18)23-12-6-11-22(13-14-23)15-17(24)16-7-4-3-5-8-16/h9-10,16-17,24H,2-8,11-15H2,1H3. The molecule has 140 valence electrons. The van der Waals surface area contributed by atoms with Crippen LogP contribution >= 0.6 is 0 Å². The molecule has 1 aliphatic heterocycles. The Labute approximate surface area is 151 Å². The number of rotatable bonds is 6. The fraction of sp³-hybridized carbons (Fsp3) is 0.789. The highest BCUT2D eigenvalue weighted by Crippen LogP contribution is 2.27. The number of hydrogen-bond acceptors (Lipinski definition) is 6. The largest absolute Gasteiger partial charge is 0.478 e. The average molecular weight is 348 g/mol. The Morgan fingerprint density at radius 3 is 2.80 bits per heavy atom. The summed E-state index contributed by atoms with van der Waals surface area (Å²) in [6, 6.07) is 1.80. The fourth-order valence-electron chi connectivity index (χ4n) is 4.00. The minimum atomic E-state index is -0.176. The Morgan fingerprint density at radius 2 is 2.00 bits per heavy atom. The van der Waals surface area contributed by atoms with Crippen molar-refractivity contribution in [2.75, 3.05) is 44.2 Å². The quantitative estimate of drug-likeness (QED) is 0.851. The summed E-state index contributed by atoms with van der Waals surface area (Å²) >= 11 is 0. The van der Waals surface area contributed by atoms with Crippen molar-refractivity contribution < 1.29 is 9.84 Å². The summed E-state index contributed by atoms with van der Waals surface area (Å²) in [5, 5.41) is 10.6. The van der Waals surface area contributed by atoms with Crippen LogP contribution in [0.5, 0.6) is 5.88 Å². The number of aliphatic hydroxyl groups excluding tert-OH is 1. The molecule has 1 aliphatic carbocycles.